The van der Waals surface area contributed by atoms with Gasteiger partial charge in [-0.05, 0) is 49.6 Å². The van der Waals surface area contributed by atoms with Crippen LogP contribution >= 0.6 is 0 Å². The summed E-state index contributed by atoms with van der Waals surface area (Å²) < 4.78 is 5.69. The van der Waals surface area contributed by atoms with E-state index >= 15 is 0 Å². The Labute approximate surface area is 121 Å². The van der Waals surface area contributed by atoms with Gasteiger partial charge in [-0.1, -0.05) is 42.5 Å². The quantitative estimate of drug-likeness (QED) is 0.741. The summed E-state index contributed by atoms with van der Waals surface area (Å²) in [7, 11) is 1.93. The lowest BCUT2D eigenvalue weighted by Gasteiger charge is -2.08. The molecule has 0 fully saturated rings. The predicted molar refractivity (Wildman–Crippen MR) is 84.3 cm³/mol. The lowest BCUT2D eigenvalue weighted by molar-refractivity contribution is 0.318. The predicted octanol–water partition coefficient (Wildman–Crippen LogP) is 3.46. The zero-order chi connectivity index (χ0) is 14.0. The van der Waals surface area contributed by atoms with Gasteiger partial charge in [0, 0.05) is 6.54 Å². The van der Waals surface area contributed by atoms with Gasteiger partial charge in [0.05, 0.1) is 0 Å². The first-order valence-electron chi connectivity index (χ1n) is 7.29. The molecule has 0 aliphatic rings. The second-order valence-corrected chi connectivity index (χ2v) is 4.94. The van der Waals surface area contributed by atoms with E-state index in [-0.39, 0.29) is 0 Å². The van der Waals surface area contributed by atoms with Crippen molar-refractivity contribution in [2.75, 3.05) is 20.2 Å². The number of ether oxygens (including phenoxy) is 1. The summed E-state index contributed by atoms with van der Waals surface area (Å²) in [4.78, 5) is 0. The highest BCUT2D eigenvalue weighted by molar-refractivity contribution is 5.28. The van der Waals surface area contributed by atoms with E-state index in [1.165, 1.54) is 17.5 Å². The summed E-state index contributed by atoms with van der Waals surface area (Å²) in [6.45, 7) is 1.59. The summed E-state index contributed by atoms with van der Waals surface area (Å²) in [5, 5.41) is 3.08. The highest BCUT2D eigenvalue weighted by Gasteiger charge is 1.98. The van der Waals surface area contributed by atoms with Crippen molar-refractivity contribution >= 4 is 0 Å². The van der Waals surface area contributed by atoms with Gasteiger partial charge in [0.15, 0.2) is 0 Å². The largest absolute Gasteiger partial charge is 0.492 e. The Balaban J connectivity index is 1.79. The van der Waals surface area contributed by atoms with Gasteiger partial charge < -0.3 is 10.1 Å². The number of rotatable bonds is 8. The molecule has 0 radical (unpaired) electrons. The van der Waals surface area contributed by atoms with Crippen LogP contribution in [0.4, 0.5) is 0 Å². The molecular weight excluding hydrogens is 246 g/mol. The number of nitrogens with one attached hydrogen (secondary N) is 1. The first-order chi connectivity index (χ1) is 9.88. The van der Waals surface area contributed by atoms with E-state index in [0.717, 1.165) is 25.1 Å². The van der Waals surface area contributed by atoms with Crippen LogP contribution in [-0.2, 0) is 12.8 Å². The maximum Gasteiger partial charge on any atom is 0.119 e. The van der Waals surface area contributed by atoms with Crippen molar-refractivity contribution in [2.24, 2.45) is 0 Å². The van der Waals surface area contributed by atoms with Crippen molar-refractivity contribution in [3.63, 3.8) is 0 Å². The van der Waals surface area contributed by atoms with E-state index < -0.39 is 0 Å². The van der Waals surface area contributed by atoms with Crippen LogP contribution in [0.15, 0.2) is 54.6 Å². The van der Waals surface area contributed by atoms with Crippen molar-refractivity contribution < 1.29 is 4.74 Å². The van der Waals surface area contributed by atoms with Crippen molar-refractivity contribution in [3.05, 3.63) is 65.7 Å². The minimum absolute atomic E-state index is 0.712. The van der Waals surface area contributed by atoms with Gasteiger partial charge in [-0.2, -0.15) is 0 Å². The van der Waals surface area contributed by atoms with Gasteiger partial charge in [-0.3, -0.25) is 0 Å². The van der Waals surface area contributed by atoms with Gasteiger partial charge in [0.2, 0.25) is 0 Å². The highest BCUT2D eigenvalue weighted by atomic mass is 16.5. The lowest BCUT2D eigenvalue weighted by Crippen LogP contribution is -2.15. The molecular formula is C18H23NO. The van der Waals surface area contributed by atoms with E-state index in [9.17, 15) is 0 Å². The number of hydrogen-bond donors (Lipinski definition) is 1. The molecule has 0 heterocycles. The summed E-state index contributed by atoms with van der Waals surface area (Å²) >= 11 is 0. The van der Waals surface area contributed by atoms with Gasteiger partial charge in [0.25, 0.3) is 0 Å². The van der Waals surface area contributed by atoms with Gasteiger partial charge in [-0.25, -0.2) is 0 Å². The Hall–Kier alpha value is -1.80. The molecule has 2 aromatic carbocycles. The maximum absolute atomic E-state index is 5.69. The fraction of sp³-hybridized carbons (Fsp3) is 0.333. The Morgan fingerprint density at radius 2 is 1.65 bits per heavy atom. The van der Waals surface area contributed by atoms with Crippen LogP contribution in [0.3, 0.4) is 0 Å². The van der Waals surface area contributed by atoms with Crippen molar-refractivity contribution in [1.82, 2.24) is 5.32 Å². The molecule has 2 aromatic rings. The summed E-state index contributed by atoms with van der Waals surface area (Å²) in [5.41, 5.74) is 2.76. The van der Waals surface area contributed by atoms with E-state index in [1.807, 2.05) is 13.1 Å². The minimum atomic E-state index is 0.712. The highest BCUT2D eigenvalue weighted by Crippen LogP contribution is 2.15. The minimum Gasteiger partial charge on any atom is -0.492 e. The first kappa shape index (κ1) is 14.6. The van der Waals surface area contributed by atoms with E-state index in [4.69, 9.17) is 4.74 Å². The Morgan fingerprint density at radius 3 is 2.45 bits per heavy atom. The van der Waals surface area contributed by atoms with Crippen LogP contribution < -0.4 is 10.1 Å². The van der Waals surface area contributed by atoms with Crippen LogP contribution in [0.2, 0.25) is 0 Å². The van der Waals surface area contributed by atoms with Crippen LogP contribution in [0.5, 0.6) is 5.75 Å². The van der Waals surface area contributed by atoms with Gasteiger partial charge in [0.1, 0.15) is 12.4 Å². The molecule has 106 valence electrons. The summed E-state index contributed by atoms with van der Waals surface area (Å²) in [5.74, 6) is 0.970. The average molecular weight is 269 g/mol. The molecule has 2 heteroatoms. The van der Waals surface area contributed by atoms with Gasteiger partial charge in [-0.15, -0.1) is 0 Å². The molecule has 0 aliphatic carbocycles. The van der Waals surface area contributed by atoms with E-state index in [2.05, 4.69) is 53.8 Å². The average Bonchev–Trinajstić information content (AvgIpc) is 2.49. The third-order valence-corrected chi connectivity index (χ3v) is 3.29. The molecule has 0 saturated carbocycles. The molecule has 20 heavy (non-hydrogen) atoms. The third kappa shape index (κ3) is 5.06. The molecule has 0 amide bonds. The lowest BCUT2D eigenvalue weighted by atomic mass is 10.0. The third-order valence-electron chi connectivity index (χ3n) is 3.29. The molecule has 2 nitrogen and oxygen atoms in total. The second kappa shape index (κ2) is 8.39. The van der Waals surface area contributed by atoms with Crippen molar-refractivity contribution in [1.29, 1.82) is 0 Å². The van der Waals surface area contributed by atoms with Crippen molar-refractivity contribution in [2.45, 2.75) is 19.3 Å². The summed E-state index contributed by atoms with van der Waals surface area (Å²) in [6.07, 6.45) is 3.40. The van der Waals surface area contributed by atoms with Crippen LogP contribution in [-0.4, -0.2) is 20.2 Å². The normalized spacial score (nSPS) is 10.4. The smallest absolute Gasteiger partial charge is 0.119 e. The fourth-order valence-corrected chi connectivity index (χ4v) is 2.20. The van der Waals surface area contributed by atoms with Crippen LogP contribution in [0, 0.1) is 0 Å². The number of likely N-dealkylation sites (N-methyl/N-ethyl adjacent to an activating group) is 1. The standard InChI is InChI=1S/C18H23NO/c1-19-13-14-20-18-12-6-11-17(15-18)10-5-9-16-7-3-2-4-8-16/h2-4,6-8,11-12,15,19H,5,9-10,13-14H2,1H3. The number of benzene rings is 2. The fourth-order valence-electron chi connectivity index (χ4n) is 2.20. The first-order valence-corrected chi connectivity index (χ1v) is 7.29. The maximum atomic E-state index is 5.69. The van der Waals surface area contributed by atoms with E-state index in [1.54, 1.807) is 0 Å². The molecule has 0 spiro atoms. The SMILES string of the molecule is CNCCOc1cccc(CCCc2ccccc2)c1. The number of hydrogen-bond acceptors (Lipinski definition) is 2. The monoisotopic (exact) mass is 269 g/mol. The molecule has 0 aliphatic heterocycles. The molecule has 0 aromatic heterocycles. The molecule has 0 atom stereocenters. The molecule has 0 bridgehead atoms. The Bertz CT molecular complexity index is 496. The zero-order valence-electron chi connectivity index (χ0n) is 12.1. The summed E-state index contributed by atoms with van der Waals surface area (Å²) in [6, 6.07) is 19.1. The number of aryl methyl sites for hydroxylation is 2. The molecule has 1 N–H and O–H groups in total. The second-order valence-electron chi connectivity index (χ2n) is 4.94. The Kier molecular flexibility index (Phi) is 6.12. The van der Waals surface area contributed by atoms with E-state index in [0.29, 0.717) is 6.61 Å². The van der Waals surface area contributed by atoms with Crippen molar-refractivity contribution in [3.8, 4) is 5.75 Å². The van der Waals surface area contributed by atoms with Crippen LogP contribution in [0.25, 0.3) is 0 Å². The van der Waals surface area contributed by atoms with Gasteiger partial charge >= 0.3 is 0 Å². The molecule has 2 rings (SSSR count). The topological polar surface area (TPSA) is 21.3 Å². The Morgan fingerprint density at radius 1 is 0.900 bits per heavy atom. The zero-order valence-corrected chi connectivity index (χ0v) is 12.1. The molecule has 0 saturated heterocycles. The van der Waals surface area contributed by atoms with Crippen LogP contribution in [0.1, 0.15) is 17.5 Å². The molecule has 0 unspecified atom stereocenters.